The van der Waals surface area contributed by atoms with E-state index in [1.807, 2.05) is 0 Å². The van der Waals surface area contributed by atoms with Crippen LogP contribution in [0.2, 0.25) is 0 Å². The molecule has 4 heteroatoms. The topological polar surface area (TPSA) is 41.9 Å². The molecule has 0 saturated carbocycles. The minimum Gasteiger partial charge on any atom is -0.392 e. The Morgan fingerprint density at radius 3 is 2.08 bits per heavy atom. The van der Waals surface area contributed by atoms with E-state index in [0.29, 0.717) is 6.54 Å². The molecule has 0 radical (unpaired) electrons. The van der Waals surface area contributed by atoms with Gasteiger partial charge in [-0.25, -0.2) is 0 Å². The standard InChI is InChI=1S/C9H19NO3/c1-7(11)4-10-5-8(12-2)9(6-10)13-3/h7-9,11H,4-6H2,1-3H3. The van der Waals surface area contributed by atoms with E-state index in [1.165, 1.54) is 0 Å². The van der Waals surface area contributed by atoms with E-state index in [4.69, 9.17) is 9.47 Å². The highest BCUT2D eigenvalue weighted by Crippen LogP contribution is 2.15. The fraction of sp³-hybridized carbons (Fsp3) is 1.00. The van der Waals surface area contributed by atoms with Crippen LogP contribution in [0.3, 0.4) is 0 Å². The number of hydrogen-bond donors (Lipinski definition) is 1. The van der Waals surface area contributed by atoms with Crippen molar-refractivity contribution in [3.8, 4) is 0 Å². The Morgan fingerprint density at radius 1 is 1.31 bits per heavy atom. The van der Waals surface area contributed by atoms with Crippen LogP contribution in [0.5, 0.6) is 0 Å². The van der Waals surface area contributed by atoms with Gasteiger partial charge in [-0.1, -0.05) is 0 Å². The number of ether oxygens (including phenoxy) is 2. The van der Waals surface area contributed by atoms with Crippen LogP contribution < -0.4 is 0 Å². The van der Waals surface area contributed by atoms with Gasteiger partial charge in [0.25, 0.3) is 0 Å². The first kappa shape index (κ1) is 10.9. The largest absolute Gasteiger partial charge is 0.392 e. The van der Waals surface area contributed by atoms with Crippen LogP contribution >= 0.6 is 0 Å². The van der Waals surface area contributed by atoms with E-state index in [-0.39, 0.29) is 18.3 Å². The van der Waals surface area contributed by atoms with Crippen LogP contribution in [-0.4, -0.2) is 62.2 Å². The fourth-order valence-electron chi connectivity index (χ4n) is 1.79. The summed E-state index contributed by atoms with van der Waals surface area (Å²) in [4.78, 5) is 2.16. The van der Waals surface area contributed by atoms with E-state index >= 15 is 0 Å². The molecule has 3 atom stereocenters. The number of rotatable bonds is 4. The summed E-state index contributed by atoms with van der Waals surface area (Å²) in [7, 11) is 3.39. The molecule has 1 aliphatic rings. The van der Waals surface area contributed by atoms with Crippen LogP contribution in [0.25, 0.3) is 0 Å². The van der Waals surface area contributed by atoms with Crippen molar-refractivity contribution < 1.29 is 14.6 Å². The van der Waals surface area contributed by atoms with Crippen molar-refractivity contribution in [3.05, 3.63) is 0 Å². The van der Waals surface area contributed by atoms with Gasteiger partial charge in [0, 0.05) is 33.9 Å². The lowest BCUT2D eigenvalue weighted by molar-refractivity contribution is -0.00461. The summed E-state index contributed by atoms with van der Waals surface area (Å²) in [6, 6.07) is 0. The van der Waals surface area contributed by atoms with E-state index in [0.717, 1.165) is 13.1 Å². The van der Waals surface area contributed by atoms with Crippen LogP contribution in [0.4, 0.5) is 0 Å². The SMILES string of the molecule is COC1CN(CC(C)O)CC1OC. The Balaban J connectivity index is 2.38. The molecule has 3 unspecified atom stereocenters. The minimum atomic E-state index is -0.284. The van der Waals surface area contributed by atoms with Crippen molar-refractivity contribution >= 4 is 0 Å². The Kier molecular flexibility index (Phi) is 4.12. The molecule has 0 aromatic carbocycles. The molecule has 0 aromatic rings. The monoisotopic (exact) mass is 189 g/mol. The van der Waals surface area contributed by atoms with Crippen molar-refractivity contribution in [2.24, 2.45) is 0 Å². The van der Waals surface area contributed by atoms with Crippen LogP contribution in [-0.2, 0) is 9.47 Å². The molecule has 1 heterocycles. The maximum Gasteiger partial charge on any atom is 0.0971 e. The zero-order chi connectivity index (χ0) is 9.84. The summed E-state index contributed by atoms with van der Waals surface area (Å²) < 4.78 is 10.6. The van der Waals surface area contributed by atoms with E-state index in [1.54, 1.807) is 21.1 Å². The zero-order valence-corrected chi connectivity index (χ0v) is 8.56. The first-order valence-electron chi connectivity index (χ1n) is 4.63. The summed E-state index contributed by atoms with van der Waals surface area (Å²) >= 11 is 0. The molecular weight excluding hydrogens is 170 g/mol. The predicted molar refractivity (Wildman–Crippen MR) is 49.7 cm³/mol. The zero-order valence-electron chi connectivity index (χ0n) is 8.56. The van der Waals surface area contributed by atoms with E-state index in [9.17, 15) is 5.11 Å². The lowest BCUT2D eigenvalue weighted by Gasteiger charge is -2.16. The molecule has 0 spiro atoms. The normalized spacial score (nSPS) is 32.3. The summed E-state index contributed by atoms with van der Waals surface area (Å²) in [6.07, 6.45) is 0.000567. The first-order chi connectivity index (χ1) is 6.17. The highest BCUT2D eigenvalue weighted by Gasteiger charge is 2.32. The second-order valence-electron chi connectivity index (χ2n) is 3.62. The smallest absolute Gasteiger partial charge is 0.0971 e. The average molecular weight is 189 g/mol. The number of β-amino-alcohol motifs (C(OH)–C–C–N with tert-alkyl or cyclic N) is 1. The molecule has 78 valence electrons. The Morgan fingerprint density at radius 2 is 1.77 bits per heavy atom. The third-order valence-corrected chi connectivity index (χ3v) is 2.42. The van der Waals surface area contributed by atoms with Gasteiger partial charge in [-0.05, 0) is 6.92 Å². The van der Waals surface area contributed by atoms with Gasteiger partial charge in [0.05, 0.1) is 18.3 Å². The predicted octanol–water partition coefficient (Wildman–Crippen LogP) is -0.287. The molecule has 1 rings (SSSR count). The molecule has 1 N–H and O–H groups in total. The Hall–Kier alpha value is -0.160. The molecule has 0 aliphatic carbocycles. The molecule has 1 aliphatic heterocycles. The molecule has 0 amide bonds. The Labute approximate surface area is 79.4 Å². The van der Waals surface area contributed by atoms with Crippen molar-refractivity contribution in [3.63, 3.8) is 0 Å². The van der Waals surface area contributed by atoms with Crippen molar-refractivity contribution in [2.75, 3.05) is 33.9 Å². The summed E-state index contributed by atoms with van der Waals surface area (Å²) in [5.74, 6) is 0. The lowest BCUT2D eigenvalue weighted by Crippen LogP contribution is -2.30. The van der Waals surface area contributed by atoms with Crippen molar-refractivity contribution in [1.82, 2.24) is 4.90 Å². The van der Waals surface area contributed by atoms with Crippen LogP contribution in [0.1, 0.15) is 6.92 Å². The second-order valence-corrected chi connectivity index (χ2v) is 3.62. The number of methoxy groups -OCH3 is 2. The molecule has 0 aromatic heterocycles. The van der Waals surface area contributed by atoms with Gasteiger partial charge < -0.3 is 14.6 Å². The van der Waals surface area contributed by atoms with Gasteiger partial charge in [0.2, 0.25) is 0 Å². The molecule has 13 heavy (non-hydrogen) atoms. The maximum absolute atomic E-state index is 9.21. The summed E-state index contributed by atoms with van der Waals surface area (Å²) in [5.41, 5.74) is 0. The number of aliphatic hydroxyl groups is 1. The lowest BCUT2D eigenvalue weighted by atomic mass is 10.3. The molecule has 1 saturated heterocycles. The van der Waals surface area contributed by atoms with Gasteiger partial charge >= 0.3 is 0 Å². The Bertz CT molecular complexity index is 140. The number of nitrogens with zero attached hydrogens (tertiary/aromatic N) is 1. The van der Waals surface area contributed by atoms with Gasteiger partial charge in [0.15, 0.2) is 0 Å². The molecular formula is C9H19NO3. The highest BCUT2D eigenvalue weighted by molar-refractivity contribution is 4.86. The molecule has 0 bridgehead atoms. The quantitative estimate of drug-likeness (QED) is 0.660. The van der Waals surface area contributed by atoms with Crippen molar-refractivity contribution in [2.45, 2.75) is 25.2 Å². The average Bonchev–Trinajstić information content (AvgIpc) is 2.45. The van der Waals surface area contributed by atoms with Gasteiger partial charge in [-0.2, -0.15) is 0 Å². The summed E-state index contributed by atoms with van der Waals surface area (Å²) in [5, 5.41) is 9.21. The highest BCUT2D eigenvalue weighted by atomic mass is 16.5. The number of likely N-dealkylation sites (tertiary alicyclic amines) is 1. The maximum atomic E-state index is 9.21. The van der Waals surface area contributed by atoms with E-state index in [2.05, 4.69) is 4.90 Å². The molecule has 1 fully saturated rings. The second kappa shape index (κ2) is 4.91. The number of hydrogen-bond acceptors (Lipinski definition) is 4. The van der Waals surface area contributed by atoms with Crippen LogP contribution in [0, 0.1) is 0 Å². The summed E-state index contributed by atoms with van der Waals surface area (Å²) in [6.45, 7) is 4.18. The van der Waals surface area contributed by atoms with Gasteiger partial charge in [-0.15, -0.1) is 0 Å². The van der Waals surface area contributed by atoms with Crippen molar-refractivity contribution in [1.29, 1.82) is 0 Å². The number of aliphatic hydroxyl groups excluding tert-OH is 1. The van der Waals surface area contributed by atoms with Gasteiger partial charge in [-0.3, -0.25) is 4.90 Å². The third kappa shape index (κ3) is 2.91. The van der Waals surface area contributed by atoms with Crippen LogP contribution in [0.15, 0.2) is 0 Å². The minimum absolute atomic E-state index is 0.142. The molecule has 4 nitrogen and oxygen atoms in total. The third-order valence-electron chi connectivity index (χ3n) is 2.42. The van der Waals surface area contributed by atoms with Gasteiger partial charge in [0.1, 0.15) is 0 Å². The van der Waals surface area contributed by atoms with E-state index < -0.39 is 0 Å². The fourth-order valence-corrected chi connectivity index (χ4v) is 1.79. The first-order valence-corrected chi connectivity index (χ1v) is 4.63.